The maximum atomic E-state index is 14.6. The molecule has 24 heavy (non-hydrogen) atoms. The number of benzene rings is 1. The Kier molecular flexibility index (Phi) is 3.78. The van der Waals surface area contributed by atoms with Crippen LogP contribution in [-0.2, 0) is 4.74 Å². The summed E-state index contributed by atoms with van der Waals surface area (Å²) in [7, 11) is 1.46. The van der Waals surface area contributed by atoms with Crippen LogP contribution < -0.4 is 9.64 Å². The van der Waals surface area contributed by atoms with Crippen LogP contribution in [0.25, 0.3) is 16.9 Å². The standard InChI is InChI=1S/C17H17FN4O2/c1-23-14-4-2-3-12(15(14)18)13-11-20-17-16(19-5-6-22(13)17)21-7-9-24-10-8-21/h2-6,11H,7-10H2,1H3. The maximum Gasteiger partial charge on any atom is 0.180 e. The van der Waals surface area contributed by atoms with Gasteiger partial charge in [0.25, 0.3) is 0 Å². The van der Waals surface area contributed by atoms with Crippen LogP contribution in [-0.4, -0.2) is 47.8 Å². The van der Waals surface area contributed by atoms with Gasteiger partial charge < -0.3 is 14.4 Å². The van der Waals surface area contributed by atoms with E-state index in [2.05, 4.69) is 14.9 Å². The molecule has 0 N–H and O–H groups in total. The van der Waals surface area contributed by atoms with E-state index in [1.165, 1.54) is 7.11 Å². The molecule has 1 saturated heterocycles. The monoisotopic (exact) mass is 328 g/mol. The second kappa shape index (κ2) is 6.09. The molecule has 0 unspecified atom stereocenters. The number of anilines is 1. The Morgan fingerprint density at radius 2 is 2.04 bits per heavy atom. The first kappa shape index (κ1) is 14.9. The van der Waals surface area contributed by atoms with Crippen LogP contribution in [0.2, 0.25) is 0 Å². The van der Waals surface area contributed by atoms with Gasteiger partial charge in [0.2, 0.25) is 0 Å². The van der Waals surface area contributed by atoms with Gasteiger partial charge in [-0.15, -0.1) is 0 Å². The molecule has 0 bridgehead atoms. The fourth-order valence-corrected chi connectivity index (χ4v) is 2.97. The van der Waals surface area contributed by atoms with E-state index >= 15 is 0 Å². The van der Waals surface area contributed by atoms with Crippen molar-refractivity contribution in [3.8, 4) is 17.0 Å². The Bertz CT molecular complexity index is 874. The van der Waals surface area contributed by atoms with Gasteiger partial charge in [0.05, 0.1) is 32.2 Å². The first-order chi connectivity index (χ1) is 11.8. The van der Waals surface area contributed by atoms with Gasteiger partial charge in [0.1, 0.15) is 0 Å². The van der Waals surface area contributed by atoms with E-state index in [4.69, 9.17) is 9.47 Å². The maximum absolute atomic E-state index is 14.6. The van der Waals surface area contributed by atoms with Gasteiger partial charge in [-0.25, -0.2) is 14.4 Å². The number of ether oxygens (including phenoxy) is 2. The Morgan fingerprint density at radius 3 is 2.83 bits per heavy atom. The molecular formula is C17H17FN4O2. The van der Waals surface area contributed by atoms with Crippen LogP contribution in [0.1, 0.15) is 0 Å². The molecule has 3 heterocycles. The molecule has 1 aliphatic rings. The molecule has 0 spiro atoms. The van der Waals surface area contributed by atoms with Crippen molar-refractivity contribution in [1.29, 1.82) is 0 Å². The van der Waals surface area contributed by atoms with Gasteiger partial charge in [-0.05, 0) is 12.1 Å². The molecule has 0 aliphatic carbocycles. The predicted octanol–water partition coefficient (Wildman–Crippen LogP) is 2.38. The fourth-order valence-electron chi connectivity index (χ4n) is 2.97. The molecule has 1 aromatic carbocycles. The van der Waals surface area contributed by atoms with Gasteiger partial charge in [-0.1, -0.05) is 6.07 Å². The lowest BCUT2D eigenvalue weighted by molar-refractivity contribution is 0.122. The summed E-state index contributed by atoms with van der Waals surface area (Å²) in [4.78, 5) is 11.1. The van der Waals surface area contributed by atoms with Crippen molar-refractivity contribution >= 4 is 11.5 Å². The van der Waals surface area contributed by atoms with Gasteiger partial charge in [-0.3, -0.25) is 4.40 Å². The summed E-state index contributed by atoms with van der Waals surface area (Å²) in [5.41, 5.74) is 1.82. The normalized spacial score (nSPS) is 15.0. The van der Waals surface area contributed by atoms with E-state index in [0.717, 1.165) is 18.9 Å². The fraction of sp³-hybridized carbons (Fsp3) is 0.294. The molecule has 3 aromatic rings. The van der Waals surface area contributed by atoms with Gasteiger partial charge in [-0.2, -0.15) is 0 Å². The lowest BCUT2D eigenvalue weighted by atomic mass is 10.1. The molecule has 4 rings (SSSR count). The zero-order chi connectivity index (χ0) is 16.5. The number of rotatable bonds is 3. The zero-order valence-corrected chi connectivity index (χ0v) is 13.3. The average molecular weight is 328 g/mol. The Labute approximate surface area is 138 Å². The quantitative estimate of drug-likeness (QED) is 0.739. The summed E-state index contributed by atoms with van der Waals surface area (Å²) in [6, 6.07) is 5.08. The summed E-state index contributed by atoms with van der Waals surface area (Å²) < 4.78 is 26.9. The molecular weight excluding hydrogens is 311 g/mol. The summed E-state index contributed by atoms with van der Waals surface area (Å²) in [6.07, 6.45) is 5.17. The lowest BCUT2D eigenvalue weighted by Crippen LogP contribution is -2.37. The summed E-state index contributed by atoms with van der Waals surface area (Å²) in [6.45, 7) is 2.87. The highest BCUT2D eigenvalue weighted by molar-refractivity contribution is 5.72. The first-order valence-corrected chi connectivity index (χ1v) is 7.77. The SMILES string of the molecule is COc1cccc(-c2cnc3c(N4CCOCC4)nccn23)c1F. The Morgan fingerprint density at radius 1 is 1.21 bits per heavy atom. The van der Waals surface area contributed by atoms with Crippen molar-refractivity contribution in [2.45, 2.75) is 0 Å². The molecule has 0 radical (unpaired) electrons. The van der Waals surface area contributed by atoms with Gasteiger partial charge >= 0.3 is 0 Å². The van der Waals surface area contributed by atoms with Crippen molar-refractivity contribution < 1.29 is 13.9 Å². The number of imidazole rings is 1. The number of aromatic nitrogens is 3. The van der Waals surface area contributed by atoms with Crippen molar-refractivity contribution in [2.75, 3.05) is 38.3 Å². The number of fused-ring (bicyclic) bond motifs is 1. The van der Waals surface area contributed by atoms with Crippen LogP contribution in [0.4, 0.5) is 10.2 Å². The summed E-state index contributed by atoms with van der Waals surface area (Å²) >= 11 is 0. The number of morpholine rings is 1. The third-order valence-electron chi connectivity index (χ3n) is 4.18. The van der Waals surface area contributed by atoms with Crippen molar-refractivity contribution in [3.05, 3.63) is 42.6 Å². The third kappa shape index (κ3) is 2.37. The Hall–Kier alpha value is -2.67. The van der Waals surface area contributed by atoms with Crippen LogP contribution in [0.3, 0.4) is 0 Å². The summed E-state index contributed by atoms with van der Waals surface area (Å²) in [5, 5.41) is 0. The molecule has 1 fully saturated rings. The van der Waals surface area contributed by atoms with Crippen LogP contribution in [0.15, 0.2) is 36.8 Å². The molecule has 0 saturated carbocycles. The minimum absolute atomic E-state index is 0.213. The van der Waals surface area contributed by atoms with Crippen LogP contribution in [0, 0.1) is 5.82 Å². The number of hydrogen-bond acceptors (Lipinski definition) is 5. The first-order valence-electron chi connectivity index (χ1n) is 7.77. The number of hydrogen-bond donors (Lipinski definition) is 0. The lowest BCUT2D eigenvalue weighted by Gasteiger charge is -2.27. The number of halogens is 1. The smallest absolute Gasteiger partial charge is 0.180 e. The highest BCUT2D eigenvalue weighted by Gasteiger charge is 2.20. The number of methoxy groups -OCH3 is 1. The van der Waals surface area contributed by atoms with E-state index < -0.39 is 5.82 Å². The van der Waals surface area contributed by atoms with Crippen molar-refractivity contribution in [3.63, 3.8) is 0 Å². The molecule has 124 valence electrons. The van der Waals surface area contributed by atoms with E-state index in [1.54, 1.807) is 36.8 Å². The van der Waals surface area contributed by atoms with Crippen LogP contribution >= 0.6 is 0 Å². The topological polar surface area (TPSA) is 51.9 Å². The highest BCUT2D eigenvalue weighted by atomic mass is 19.1. The Balaban J connectivity index is 1.84. The second-order valence-corrected chi connectivity index (χ2v) is 5.51. The predicted molar refractivity (Wildman–Crippen MR) is 88.0 cm³/mol. The molecule has 6 nitrogen and oxygen atoms in total. The molecule has 1 aliphatic heterocycles. The minimum Gasteiger partial charge on any atom is -0.494 e. The summed E-state index contributed by atoms with van der Waals surface area (Å²) in [5.74, 6) is 0.604. The zero-order valence-electron chi connectivity index (χ0n) is 13.3. The molecule has 7 heteroatoms. The van der Waals surface area contributed by atoms with E-state index in [0.29, 0.717) is 30.1 Å². The van der Waals surface area contributed by atoms with Gasteiger partial charge in [0, 0.05) is 31.0 Å². The third-order valence-corrected chi connectivity index (χ3v) is 4.18. The molecule has 2 aromatic heterocycles. The number of nitrogens with zero attached hydrogens (tertiary/aromatic N) is 4. The molecule has 0 atom stereocenters. The largest absolute Gasteiger partial charge is 0.494 e. The van der Waals surface area contributed by atoms with E-state index in [1.807, 2.05) is 4.40 Å². The van der Waals surface area contributed by atoms with Gasteiger partial charge in [0.15, 0.2) is 23.0 Å². The van der Waals surface area contributed by atoms with Crippen LogP contribution in [0.5, 0.6) is 5.75 Å². The van der Waals surface area contributed by atoms with Crippen molar-refractivity contribution in [2.24, 2.45) is 0 Å². The van der Waals surface area contributed by atoms with E-state index in [-0.39, 0.29) is 5.75 Å². The minimum atomic E-state index is -0.397. The second-order valence-electron chi connectivity index (χ2n) is 5.51. The van der Waals surface area contributed by atoms with Crippen molar-refractivity contribution in [1.82, 2.24) is 14.4 Å². The highest BCUT2D eigenvalue weighted by Crippen LogP contribution is 2.31. The molecule has 0 amide bonds. The van der Waals surface area contributed by atoms with E-state index in [9.17, 15) is 4.39 Å². The average Bonchev–Trinajstić information content (AvgIpc) is 3.06.